The molecule has 0 amide bonds. The maximum absolute atomic E-state index is 13.5. The van der Waals surface area contributed by atoms with E-state index >= 15 is 0 Å². The average Bonchev–Trinajstić information content (AvgIpc) is 2.40. The van der Waals surface area contributed by atoms with Gasteiger partial charge in [0.1, 0.15) is 23.2 Å². The van der Waals surface area contributed by atoms with Gasteiger partial charge in [0.25, 0.3) is 0 Å². The Morgan fingerprint density at radius 2 is 1.75 bits per heavy atom. The number of anilines is 1. The minimum atomic E-state index is -0.627. The monoisotopic (exact) mass is 281 g/mol. The second-order valence-corrected chi connectivity index (χ2v) is 4.13. The van der Waals surface area contributed by atoms with Crippen LogP contribution in [0.5, 0.6) is 5.75 Å². The van der Waals surface area contributed by atoms with Gasteiger partial charge in [-0.2, -0.15) is 0 Å². The third kappa shape index (κ3) is 3.23. The number of benzene rings is 2. The number of hydrogen-bond acceptors (Lipinski definition) is 2. The largest absolute Gasteiger partial charge is 0.492 e. The molecule has 2 aromatic rings. The Morgan fingerprint density at radius 3 is 2.40 bits per heavy atom. The minimum absolute atomic E-state index is 0.0514. The molecule has 5 heteroatoms. The Kier molecular flexibility index (Phi) is 4.50. The molecule has 0 aliphatic rings. The van der Waals surface area contributed by atoms with Crippen molar-refractivity contribution in [1.82, 2.24) is 0 Å². The Morgan fingerprint density at radius 1 is 1.05 bits per heavy atom. The van der Waals surface area contributed by atoms with Crippen LogP contribution in [0.15, 0.2) is 36.4 Å². The summed E-state index contributed by atoms with van der Waals surface area (Å²) in [6, 6.07) is 7.63. The van der Waals surface area contributed by atoms with Crippen molar-refractivity contribution < 1.29 is 17.9 Å². The van der Waals surface area contributed by atoms with Crippen molar-refractivity contribution in [3.05, 3.63) is 59.4 Å². The first-order chi connectivity index (χ1) is 9.61. The summed E-state index contributed by atoms with van der Waals surface area (Å²) in [5.41, 5.74) is 0.412. The van der Waals surface area contributed by atoms with E-state index in [1.54, 1.807) is 6.92 Å². The van der Waals surface area contributed by atoms with Crippen molar-refractivity contribution in [1.29, 1.82) is 0 Å². The van der Waals surface area contributed by atoms with Crippen molar-refractivity contribution in [3.8, 4) is 5.75 Å². The van der Waals surface area contributed by atoms with Crippen LogP contribution in [0.3, 0.4) is 0 Å². The van der Waals surface area contributed by atoms with E-state index in [9.17, 15) is 13.2 Å². The van der Waals surface area contributed by atoms with E-state index in [0.29, 0.717) is 18.0 Å². The molecule has 0 unspecified atom stereocenters. The zero-order valence-electron chi connectivity index (χ0n) is 10.9. The fourth-order valence-corrected chi connectivity index (χ4v) is 1.80. The molecule has 0 bridgehead atoms. The first-order valence-corrected chi connectivity index (χ1v) is 6.21. The summed E-state index contributed by atoms with van der Waals surface area (Å²) in [5.74, 6) is -1.38. The average molecular weight is 281 g/mol. The van der Waals surface area contributed by atoms with E-state index in [1.165, 1.54) is 36.4 Å². The molecule has 0 atom stereocenters. The number of halogens is 3. The maximum atomic E-state index is 13.5. The number of rotatable bonds is 5. The standard InChI is InChI=1S/C15H14F3NO/c1-2-20-15-8-10(16)6-7-14(15)19-9-11-12(17)4-3-5-13(11)18/h3-8,19H,2,9H2,1H3. The lowest BCUT2D eigenvalue weighted by Crippen LogP contribution is -2.06. The zero-order valence-corrected chi connectivity index (χ0v) is 10.9. The van der Waals surface area contributed by atoms with Gasteiger partial charge < -0.3 is 10.1 Å². The molecule has 20 heavy (non-hydrogen) atoms. The van der Waals surface area contributed by atoms with Gasteiger partial charge in [0, 0.05) is 18.2 Å². The van der Waals surface area contributed by atoms with Crippen LogP contribution in [-0.2, 0) is 6.54 Å². The predicted octanol–water partition coefficient (Wildman–Crippen LogP) is 4.11. The minimum Gasteiger partial charge on any atom is -0.492 e. The molecule has 106 valence electrons. The molecule has 0 aliphatic heterocycles. The first-order valence-electron chi connectivity index (χ1n) is 6.21. The Labute approximate surface area is 115 Å². The van der Waals surface area contributed by atoms with E-state index < -0.39 is 17.5 Å². The Bertz CT molecular complexity index is 581. The number of hydrogen-bond donors (Lipinski definition) is 1. The second-order valence-electron chi connectivity index (χ2n) is 4.13. The molecule has 0 radical (unpaired) electrons. The SMILES string of the molecule is CCOc1cc(F)ccc1NCc1c(F)cccc1F. The highest BCUT2D eigenvalue weighted by Gasteiger charge is 2.10. The lowest BCUT2D eigenvalue weighted by atomic mass is 10.2. The predicted molar refractivity (Wildman–Crippen MR) is 71.3 cm³/mol. The molecule has 0 saturated heterocycles. The lowest BCUT2D eigenvalue weighted by Gasteiger charge is -2.13. The van der Waals surface area contributed by atoms with Gasteiger partial charge in [-0.3, -0.25) is 0 Å². The molecule has 2 nitrogen and oxygen atoms in total. The van der Waals surface area contributed by atoms with Gasteiger partial charge in [0.15, 0.2) is 0 Å². The maximum Gasteiger partial charge on any atom is 0.145 e. The van der Waals surface area contributed by atoms with E-state index in [4.69, 9.17) is 4.74 Å². The van der Waals surface area contributed by atoms with Crippen LogP contribution < -0.4 is 10.1 Å². The Hall–Kier alpha value is -2.17. The van der Waals surface area contributed by atoms with Gasteiger partial charge in [-0.25, -0.2) is 13.2 Å². The highest BCUT2D eigenvalue weighted by molar-refractivity contribution is 5.56. The third-order valence-electron chi connectivity index (χ3n) is 2.76. The molecule has 1 N–H and O–H groups in total. The van der Waals surface area contributed by atoms with Gasteiger partial charge in [-0.15, -0.1) is 0 Å². The van der Waals surface area contributed by atoms with Crippen molar-refractivity contribution in [2.45, 2.75) is 13.5 Å². The first kappa shape index (κ1) is 14.2. The van der Waals surface area contributed by atoms with E-state index in [1.807, 2.05) is 0 Å². The van der Waals surface area contributed by atoms with E-state index in [2.05, 4.69) is 5.32 Å². The van der Waals surface area contributed by atoms with E-state index in [-0.39, 0.29) is 12.1 Å². The van der Waals surface area contributed by atoms with Gasteiger partial charge in [-0.05, 0) is 31.2 Å². The molecule has 0 spiro atoms. The fourth-order valence-electron chi connectivity index (χ4n) is 1.80. The van der Waals surface area contributed by atoms with Crippen LogP contribution in [0, 0.1) is 17.5 Å². The summed E-state index contributed by atoms with van der Waals surface area (Å²) < 4.78 is 45.4. The van der Waals surface area contributed by atoms with E-state index in [0.717, 1.165) is 0 Å². The summed E-state index contributed by atoms with van der Waals surface area (Å²) >= 11 is 0. The normalized spacial score (nSPS) is 10.4. The molecular weight excluding hydrogens is 267 g/mol. The molecule has 0 fully saturated rings. The quantitative estimate of drug-likeness (QED) is 0.890. The van der Waals surface area contributed by atoms with Gasteiger partial charge >= 0.3 is 0 Å². The van der Waals surface area contributed by atoms with Crippen LogP contribution in [0.1, 0.15) is 12.5 Å². The zero-order chi connectivity index (χ0) is 14.5. The third-order valence-corrected chi connectivity index (χ3v) is 2.76. The van der Waals surface area contributed by atoms with Crippen LogP contribution in [0.2, 0.25) is 0 Å². The summed E-state index contributed by atoms with van der Waals surface area (Å²) in [6.07, 6.45) is 0. The number of nitrogens with one attached hydrogen (secondary N) is 1. The summed E-state index contributed by atoms with van der Waals surface area (Å²) in [7, 11) is 0. The Balaban J connectivity index is 2.18. The highest BCUT2D eigenvalue weighted by Crippen LogP contribution is 2.26. The summed E-state index contributed by atoms with van der Waals surface area (Å²) in [6.45, 7) is 2.08. The van der Waals surface area contributed by atoms with Crippen molar-refractivity contribution >= 4 is 5.69 Å². The smallest absolute Gasteiger partial charge is 0.145 e. The molecule has 0 aromatic heterocycles. The molecule has 0 saturated carbocycles. The van der Waals surface area contributed by atoms with Gasteiger partial charge in [0.05, 0.1) is 12.3 Å². The molecule has 2 aromatic carbocycles. The molecular formula is C15H14F3NO. The van der Waals surface area contributed by atoms with Gasteiger partial charge in [-0.1, -0.05) is 6.07 Å². The molecule has 0 heterocycles. The topological polar surface area (TPSA) is 21.3 Å². The van der Waals surface area contributed by atoms with Crippen LogP contribution in [0.4, 0.5) is 18.9 Å². The lowest BCUT2D eigenvalue weighted by molar-refractivity contribution is 0.339. The van der Waals surface area contributed by atoms with Crippen LogP contribution in [0.25, 0.3) is 0 Å². The van der Waals surface area contributed by atoms with Gasteiger partial charge in [0.2, 0.25) is 0 Å². The molecule has 0 aliphatic carbocycles. The van der Waals surface area contributed by atoms with Crippen LogP contribution >= 0.6 is 0 Å². The number of ether oxygens (including phenoxy) is 1. The highest BCUT2D eigenvalue weighted by atomic mass is 19.1. The summed E-state index contributed by atoms with van der Waals surface area (Å²) in [4.78, 5) is 0. The molecule has 2 rings (SSSR count). The van der Waals surface area contributed by atoms with Crippen LogP contribution in [-0.4, -0.2) is 6.61 Å². The van der Waals surface area contributed by atoms with Crippen molar-refractivity contribution in [2.75, 3.05) is 11.9 Å². The summed E-state index contributed by atoms with van der Waals surface area (Å²) in [5, 5.41) is 2.85. The van der Waals surface area contributed by atoms with Crippen molar-refractivity contribution in [3.63, 3.8) is 0 Å². The second kappa shape index (κ2) is 6.32. The fraction of sp³-hybridized carbons (Fsp3) is 0.200. The van der Waals surface area contributed by atoms with Crippen molar-refractivity contribution in [2.24, 2.45) is 0 Å².